The van der Waals surface area contributed by atoms with E-state index >= 15 is 0 Å². The fourth-order valence-corrected chi connectivity index (χ4v) is 2.08. The summed E-state index contributed by atoms with van der Waals surface area (Å²) in [6, 6.07) is 0. The van der Waals surface area contributed by atoms with Gasteiger partial charge in [0.1, 0.15) is 0 Å². The van der Waals surface area contributed by atoms with E-state index in [1.807, 2.05) is 0 Å². The number of rotatable bonds is 5. The number of likely N-dealkylation sites (tertiary alicyclic amines) is 1. The topological polar surface area (TPSA) is 32.5 Å². The van der Waals surface area contributed by atoms with Crippen LogP contribution in [-0.4, -0.2) is 56.6 Å². The molecule has 1 rings (SSSR count). The van der Waals surface area contributed by atoms with Gasteiger partial charge in [0.15, 0.2) is 0 Å². The van der Waals surface area contributed by atoms with Crippen molar-refractivity contribution in [2.45, 2.75) is 19.3 Å². The van der Waals surface area contributed by atoms with Crippen molar-refractivity contribution in [2.24, 2.45) is 11.7 Å². The minimum atomic E-state index is 0.863. The van der Waals surface area contributed by atoms with E-state index in [0.717, 1.165) is 12.5 Å². The summed E-state index contributed by atoms with van der Waals surface area (Å²) in [4.78, 5) is 4.83. The second-order valence-electron chi connectivity index (χ2n) is 4.67. The summed E-state index contributed by atoms with van der Waals surface area (Å²) in [6.45, 7) is 5.82. The van der Waals surface area contributed by atoms with Crippen LogP contribution in [-0.2, 0) is 0 Å². The zero-order chi connectivity index (χ0) is 10.4. The molecule has 0 radical (unpaired) electrons. The molecule has 0 bridgehead atoms. The van der Waals surface area contributed by atoms with E-state index in [1.165, 1.54) is 45.4 Å². The van der Waals surface area contributed by atoms with Crippen molar-refractivity contribution in [2.75, 3.05) is 46.8 Å². The predicted octanol–water partition coefficient (Wildman–Crippen LogP) is 0.609. The summed E-state index contributed by atoms with van der Waals surface area (Å²) >= 11 is 0. The van der Waals surface area contributed by atoms with Gasteiger partial charge in [-0.05, 0) is 58.9 Å². The lowest BCUT2D eigenvalue weighted by molar-refractivity contribution is 0.167. The first-order valence-corrected chi connectivity index (χ1v) is 5.79. The Morgan fingerprint density at radius 2 is 1.93 bits per heavy atom. The van der Waals surface area contributed by atoms with Crippen molar-refractivity contribution in [1.29, 1.82) is 0 Å². The zero-order valence-corrected chi connectivity index (χ0v) is 9.71. The molecule has 3 heteroatoms. The van der Waals surface area contributed by atoms with Gasteiger partial charge in [0.2, 0.25) is 0 Å². The largest absolute Gasteiger partial charge is 0.330 e. The minimum absolute atomic E-state index is 0.863. The Morgan fingerprint density at radius 1 is 1.29 bits per heavy atom. The molecule has 1 aliphatic heterocycles. The van der Waals surface area contributed by atoms with Crippen LogP contribution < -0.4 is 5.73 Å². The van der Waals surface area contributed by atoms with E-state index in [-0.39, 0.29) is 0 Å². The maximum atomic E-state index is 5.57. The molecule has 14 heavy (non-hydrogen) atoms. The van der Waals surface area contributed by atoms with Crippen LogP contribution in [0.3, 0.4) is 0 Å². The third kappa shape index (κ3) is 4.40. The first-order valence-electron chi connectivity index (χ1n) is 5.79. The highest BCUT2D eigenvalue weighted by Gasteiger charge is 2.17. The summed E-state index contributed by atoms with van der Waals surface area (Å²) in [5, 5.41) is 0. The Bertz CT molecular complexity index is 139. The van der Waals surface area contributed by atoms with Gasteiger partial charge in [0, 0.05) is 13.1 Å². The lowest BCUT2D eigenvalue weighted by Crippen LogP contribution is -2.38. The van der Waals surface area contributed by atoms with Crippen molar-refractivity contribution in [3.8, 4) is 0 Å². The van der Waals surface area contributed by atoms with E-state index in [0.29, 0.717) is 0 Å². The minimum Gasteiger partial charge on any atom is -0.330 e. The van der Waals surface area contributed by atoms with E-state index in [2.05, 4.69) is 23.9 Å². The van der Waals surface area contributed by atoms with Gasteiger partial charge < -0.3 is 15.5 Å². The quantitative estimate of drug-likeness (QED) is 0.704. The smallest absolute Gasteiger partial charge is 0.0109 e. The summed E-state index contributed by atoms with van der Waals surface area (Å²) in [5.41, 5.74) is 5.57. The van der Waals surface area contributed by atoms with Crippen LogP contribution in [0.2, 0.25) is 0 Å². The number of likely N-dealkylation sites (N-methyl/N-ethyl adjacent to an activating group) is 1. The first kappa shape index (κ1) is 12.0. The SMILES string of the molecule is CN(C)CCN1CCC(CCN)CC1. The zero-order valence-electron chi connectivity index (χ0n) is 9.71. The number of piperidine rings is 1. The molecule has 0 saturated carbocycles. The highest BCUT2D eigenvalue weighted by atomic mass is 15.2. The first-order chi connectivity index (χ1) is 6.72. The second-order valence-corrected chi connectivity index (χ2v) is 4.67. The standard InChI is InChI=1S/C11H25N3/c1-13(2)9-10-14-7-4-11(3-6-12)5-8-14/h11H,3-10,12H2,1-2H3. The third-order valence-electron chi connectivity index (χ3n) is 3.15. The van der Waals surface area contributed by atoms with Crippen molar-refractivity contribution < 1.29 is 0 Å². The lowest BCUT2D eigenvalue weighted by atomic mass is 9.94. The van der Waals surface area contributed by atoms with Gasteiger partial charge in [-0.25, -0.2) is 0 Å². The molecule has 2 N–H and O–H groups in total. The van der Waals surface area contributed by atoms with Crippen molar-refractivity contribution in [3.63, 3.8) is 0 Å². The highest BCUT2D eigenvalue weighted by Crippen LogP contribution is 2.19. The van der Waals surface area contributed by atoms with Gasteiger partial charge in [0.05, 0.1) is 0 Å². The summed E-state index contributed by atoms with van der Waals surface area (Å²) in [5.74, 6) is 0.899. The molecular formula is C11H25N3. The molecule has 84 valence electrons. The van der Waals surface area contributed by atoms with Gasteiger partial charge >= 0.3 is 0 Å². The van der Waals surface area contributed by atoms with Crippen molar-refractivity contribution in [3.05, 3.63) is 0 Å². The number of hydrogen-bond acceptors (Lipinski definition) is 3. The van der Waals surface area contributed by atoms with Gasteiger partial charge in [-0.15, -0.1) is 0 Å². The monoisotopic (exact) mass is 199 g/mol. The Balaban J connectivity index is 2.09. The van der Waals surface area contributed by atoms with Crippen LogP contribution in [0.1, 0.15) is 19.3 Å². The maximum Gasteiger partial charge on any atom is 0.0109 e. The predicted molar refractivity (Wildman–Crippen MR) is 61.4 cm³/mol. The fourth-order valence-electron chi connectivity index (χ4n) is 2.08. The van der Waals surface area contributed by atoms with Crippen LogP contribution in [0.5, 0.6) is 0 Å². The number of nitrogens with two attached hydrogens (primary N) is 1. The number of nitrogens with zero attached hydrogens (tertiary/aromatic N) is 2. The molecule has 0 aliphatic carbocycles. The molecular weight excluding hydrogens is 174 g/mol. The Kier molecular flexibility index (Phi) is 5.45. The molecule has 0 aromatic rings. The summed E-state index contributed by atoms with van der Waals surface area (Å²) in [7, 11) is 4.28. The van der Waals surface area contributed by atoms with Gasteiger partial charge in [0.25, 0.3) is 0 Å². The average molecular weight is 199 g/mol. The van der Waals surface area contributed by atoms with E-state index < -0.39 is 0 Å². The fraction of sp³-hybridized carbons (Fsp3) is 1.00. The molecule has 0 amide bonds. The molecule has 1 saturated heterocycles. The van der Waals surface area contributed by atoms with E-state index in [1.54, 1.807) is 0 Å². The van der Waals surface area contributed by atoms with Crippen LogP contribution in [0.15, 0.2) is 0 Å². The van der Waals surface area contributed by atoms with Gasteiger partial charge in [-0.3, -0.25) is 0 Å². The van der Waals surface area contributed by atoms with Gasteiger partial charge in [-0.1, -0.05) is 0 Å². The molecule has 0 aromatic heterocycles. The molecule has 1 heterocycles. The average Bonchev–Trinajstić information content (AvgIpc) is 2.17. The summed E-state index contributed by atoms with van der Waals surface area (Å²) < 4.78 is 0. The highest BCUT2D eigenvalue weighted by molar-refractivity contribution is 4.72. The molecule has 0 unspecified atom stereocenters. The van der Waals surface area contributed by atoms with Crippen LogP contribution in [0, 0.1) is 5.92 Å². The van der Waals surface area contributed by atoms with Crippen LogP contribution in [0.4, 0.5) is 0 Å². The molecule has 3 nitrogen and oxygen atoms in total. The van der Waals surface area contributed by atoms with E-state index in [9.17, 15) is 0 Å². The van der Waals surface area contributed by atoms with Gasteiger partial charge in [-0.2, -0.15) is 0 Å². The molecule has 0 spiro atoms. The molecule has 0 atom stereocenters. The molecule has 0 aromatic carbocycles. The molecule has 1 aliphatic rings. The Morgan fingerprint density at radius 3 is 2.43 bits per heavy atom. The van der Waals surface area contributed by atoms with Crippen LogP contribution >= 0.6 is 0 Å². The maximum absolute atomic E-state index is 5.57. The second kappa shape index (κ2) is 6.38. The normalized spacial score (nSPS) is 20.6. The number of hydrogen-bond donors (Lipinski definition) is 1. The Hall–Kier alpha value is -0.120. The van der Waals surface area contributed by atoms with E-state index in [4.69, 9.17) is 5.73 Å². The van der Waals surface area contributed by atoms with Crippen molar-refractivity contribution >= 4 is 0 Å². The van der Waals surface area contributed by atoms with Crippen molar-refractivity contribution in [1.82, 2.24) is 9.80 Å². The lowest BCUT2D eigenvalue weighted by Gasteiger charge is -2.32. The molecule has 1 fully saturated rings. The Labute approximate surface area is 88.2 Å². The summed E-state index contributed by atoms with van der Waals surface area (Å²) in [6.07, 6.45) is 3.93. The third-order valence-corrected chi connectivity index (χ3v) is 3.15. The van der Waals surface area contributed by atoms with Crippen LogP contribution in [0.25, 0.3) is 0 Å².